The van der Waals surface area contributed by atoms with E-state index in [9.17, 15) is 9.18 Å². The van der Waals surface area contributed by atoms with E-state index in [1.807, 2.05) is 24.3 Å². The molecule has 120 valence electrons. The molecule has 3 rings (SSSR count). The van der Waals surface area contributed by atoms with Gasteiger partial charge in [-0.3, -0.25) is 0 Å². The molecule has 23 heavy (non-hydrogen) atoms. The van der Waals surface area contributed by atoms with E-state index in [1.54, 1.807) is 12.1 Å². The van der Waals surface area contributed by atoms with E-state index < -0.39 is 0 Å². The normalized spacial score (nSPS) is 17.3. The lowest BCUT2D eigenvalue weighted by Gasteiger charge is -2.25. The lowest BCUT2D eigenvalue weighted by molar-refractivity contribution is -0.108. The standard InChI is InChI=1S/C19H20FNO2/c20-16-5-3-15(4-6-16)14-23-19-9-7-18(8-10-19)21-12-1-2-17(21)11-13-22/h3-10,13,17H,1-2,11-12,14H2. The van der Waals surface area contributed by atoms with Gasteiger partial charge in [0.1, 0.15) is 24.5 Å². The molecular weight excluding hydrogens is 293 g/mol. The minimum Gasteiger partial charge on any atom is -0.489 e. The fourth-order valence-electron chi connectivity index (χ4n) is 3.01. The third-order valence-corrected chi connectivity index (χ3v) is 4.23. The molecule has 1 aliphatic rings. The molecule has 0 amide bonds. The van der Waals surface area contributed by atoms with E-state index in [2.05, 4.69) is 4.90 Å². The Morgan fingerprint density at radius 1 is 1.13 bits per heavy atom. The first-order valence-electron chi connectivity index (χ1n) is 7.94. The first kappa shape index (κ1) is 15.5. The van der Waals surface area contributed by atoms with Crippen molar-refractivity contribution in [2.24, 2.45) is 0 Å². The van der Waals surface area contributed by atoms with Gasteiger partial charge in [0, 0.05) is 24.7 Å². The molecule has 2 aromatic rings. The number of halogens is 1. The number of ether oxygens (including phenoxy) is 1. The Morgan fingerprint density at radius 2 is 1.87 bits per heavy atom. The lowest BCUT2D eigenvalue weighted by Crippen LogP contribution is -2.29. The Hall–Kier alpha value is -2.36. The summed E-state index contributed by atoms with van der Waals surface area (Å²) >= 11 is 0. The molecule has 0 aliphatic carbocycles. The van der Waals surface area contributed by atoms with Crippen molar-refractivity contribution in [3.63, 3.8) is 0 Å². The zero-order valence-corrected chi connectivity index (χ0v) is 13.0. The van der Waals surface area contributed by atoms with Gasteiger partial charge in [0.25, 0.3) is 0 Å². The van der Waals surface area contributed by atoms with Gasteiger partial charge in [-0.25, -0.2) is 4.39 Å². The van der Waals surface area contributed by atoms with Crippen molar-refractivity contribution in [2.45, 2.75) is 31.9 Å². The molecule has 1 atom stereocenters. The van der Waals surface area contributed by atoms with Crippen LogP contribution in [-0.4, -0.2) is 18.9 Å². The first-order valence-corrected chi connectivity index (χ1v) is 7.94. The van der Waals surface area contributed by atoms with Crippen LogP contribution in [0.25, 0.3) is 0 Å². The van der Waals surface area contributed by atoms with Crippen LogP contribution in [0.2, 0.25) is 0 Å². The third kappa shape index (κ3) is 3.89. The number of carbonyl (C=O) groups excluding carboxylic acids is 1. The van der Waals surface area contributed by atoms with Crippen molar-refractivity contribution in [2.75, 3.05) is 11.4 Å². The van der Waals surface area contributed by atoms with Crippen LogP contribution in [0.5, 0.6) is 5.75 Å². The van der Waals surface area contributed by atoms with Crippen LogP contribution in [0.3, 0.4) is 0 Å². The topological polar surface area (TPSA) is 29.5 Å². The average molecular weight is 313 g/mol. The van der Waals surface area contributed by atoms with Crippen LogP contribution >= 0.6 is 0 Å². The second-order valence-corrected chi connectivity index (χ2v) is 5.80. The van der Waals surface area contributed by atoms with Crippen LogP contribution in [0.15, 0.2) is 48.5 Å². The monoisotopic (exact) mass is 313 g/mol. The summed E-state index contributed by atoms with van der Waals surface area (Å²) in [6.45, 7) is 1.41. The van der Waals surface area contributed by atoms with Crippen LogP contribution in [0, 0.1) is 5.82 Å². The largest absolute Gasteiger partial charge is 0.489 e. The second-order valence-electron chi connectivity index (χ2n) is 5.80. The molecule has 0 radical (unpaired) electrons. The number of nitrogens with zero attached hydrogens (tertiary/aromatic N) is 1. The maximum absolute atomic E-state index is 12.9. The summed E-state index contributed by atoms with van der Waals surface area (Å²) in [4.78, 5) is 13.1. The Labute approximate surface area is 135 Å². The van der Waals surface area contributed by atoms with Crippen molar-refractivity contribution in [3.05, 3.63) is 59.9 Å². The smallest absolute Gasteiger partial charge is 0.123 e. The highest BCUT2D eigenvalue weighted by Crippen LogP contribution is 2.28. The summed E-state index contributed by atoms with van der Waals surface area (Å²) in [5.74, 6) is 0.540. The molecule has 4 heteroatoms. The summed E-state index contributed by atoms with van der Waals surface area (Å²) < 4.78 is 18.6. The molecule has 1 fully saturated rings. The molecule has 1 unspecified atom stereocenters. The van der Waals surface area contributed by atoms with Crippen LogP contribution in [-0.2, 0) is 11.4 Å². The van der Waals surface area contributed by atoms with E-state index in [0.29, 0.717) is 19.1 Å². The highest BCUT2D eigenvalue weighted by molar-refractivity contribution is 5.56. The van der Waals surface area contributed by atoms with Crippen LogP contribution < -0.4 is 9.64 Å². The van der Waals surface area contributed by atoms with E-state index >= 15 is 0 Å². The highest BCUT2D eigenvalue weighted by atomic mass is 19.1. The number of hydrogen-bond acceptors (Lipinski definition) is 3. The van der Waals surface area contributed by atoms with Gasteiger partial charge in [-0.2, -0.15) is 0 Å². The van der Waals surface area contributed by atoms with Crippen molar-refractivity contribution in [1.29, 1.82) is 0 Å². The maximum atomic E-state index is 12.9. The zero-order chi connectivity index (χ0) is 16.1. The number of hydrogen-bond donors (Lipinski definition) is 0. The average Bonchev–Trinajstić information content (AvgIpc) is 3.03. The van der Waals surface area contributed by atoms with E-state index in [1.165, 1.54) is 12.1 Å². The number of anilines is 1. The zero-order valence-electron chi connectivity index (χ0n) is 13.0. The molecule has 2 aromatic carbocycles. The van der Waals surface area contributed by atoms with Gasteiger partial charge in [0.15, 0.2) is 0 Å². The Balaban J connectivity index is 1.60. The summed E-state index contributed by atoms with van der Waals surface area (Å²) in [5, 5.41) is 0. The quantitative estimate of drug-likeness (QED) is 0.756. The summed E-state index contributed by atoms with van der Waals surface area (Å²) in [6.07, 6.45) is 3.79. The molecule has 1 saturated heterocycles. The van der Waals surface area contributed by atoms with E-state index in [-0.39, 0.29) is 5.82 Å². The molecule has 0 saturated carbocycles. The van der Waals surface area contributed by atoms with Crippen molar-refractivity contribution >= 4 is 12.0 Å². The number of carbonyl (C=O) groups is 1. The SMILES string of the molecule is O=CCC1CCCN1c1ccc(OCc2ccc(F)cc2)cc1. The fraction of sp³-hybridized carbons (Fsp3) is 0.316. The Bertz CT molecular complexity index is 639. The molecule has 0 spiro atoms. The maximum Gasteiger partial charge on any atom is 0.123 e. The Kier molecular flexibility index (Phi) is 4.91. The molecule has 0 bridgehead atoms. The molecule has 0 aromatic heterocycles. The van der Waals surface area contributed by atoms with E-state index in [0.717, 1.165) is 42.7 Å². The molecule has 3 nitrogen and oxygen atoms in total. The molecule has 1 aliphatic heterocycles. The van der Waals surface area contributed by atoms with Gasteiger partial charge in [-0.05, 0) is 54.8 Å². The summed E-state index contributed by atoms with van der Waals surface area (Å²) in [6, 6.07) is 14.6. The van der Waals surface area contributed by atoms with Crippen LogP contribution in [0.4, 0.5) is 10.1 Å². The number of aldehydes is 1. The third-order valence-electron chi connectivity index (χ3n) is 4.23. The van der Waals surface area contributed by atoms with Crippen molar-refractivity contribution < 1.29 is 13.9 Å². The van der Waals surface area contributed by atoms with Crippen LogP contribution in [0.1, 0.15) is 24.8 Å². The predicted molar refractivity (Wildman–Crippen MR) is 88.2 cm³/mol. The minimum atomic E-state index is -0.242. The molecule has 0 N–H and O–H groups in total. The van der Waals surface area contributed by atoms with Crippen molar-refractivity contribution in [1.82, 2.24) is 0 Å². The van der Waals surface area contributed by atoms with Gasteiger partial charge in [-0.1, -0.05) is 12.1 Å². The van der Waals surface area contributed by atoms with Gasteiger partial charge in [0.2, 0.25) is 0 Å². The highest BCUT2D eigenvalue weighted by Gasteiger charge is 2.24. The first-order chi connectivity index (χ1) is 11.3. The predicted octanol–water partition coefficient (Wildman–Crippen LogP) is 3.96. The summed E-state index contributed by atoms with van der Waals surface area (Å²) in [5.41, 5.74) is 2.06. The summed E-state index contributed by atoms with van der Waals surface area (Å²) in [7, 11) is 0. The van der Waals surface area contributed by atoms with Crippen molar-refractivity contribution in [3.8, 4) is 5.75 Å². The van der Waals surface area contributed by atoms with Gasteiger partial charge in [0.05, 0.1) is 0 Å². The molecule has 1 heterocycles. The Morgan fingerprint density at radius 3 is 2.57 bits per heavy atom. The number of rotatable bonds is 6. The molecular formula is C19H20FNO2. The minimum absolute atomic E-state index is 0.242. The number of benzene rings is 2. The lowest BCUT2D eigenvalue weighted by atomic mass is 10.1. The van der Waals surface area contributed by atoms with Gasteiger partial charge >= 0.3 is 0 Å². The van der Waals surface area contributed by atoms with Gasteiger partial charge < -0.3 is 14.4 Å². The van der Waals surface area contributed by atoms with Gasteiger partial charge in [-0.15, -0.1) is 0 Å². The fourth-order valence-corrected chi connectivity index (χ4v) is 3.01. The van der Waals surface area contributed by atoms with E-state index in [4.69, 9.17) is 4.74 Å². The second kappa shape index (κ2) is 7.27.